The van der Waals surface area contributed by atoms with E-state index in [4.69, 9.17) is 0 Å². The fourth-order valence-electron chi connectivity index (χ4n) is 2.33. The lowest BCUT2D eigenvalue weighted by atomic mass is 10.1. The summed E-state index contributed by atoms with van der Waals surface area (Å²) in [4.78, 5) is 16.9. The summed E-state index contributed by atoms with van der Waals surface area (Å²) in [5, 5.41) is 3.82. The summed E-state index contributed by atoms with van der Waals surface area (Å²) in [7, 11) is 0. The van der Waals surface area contributed by atoms with E-state index in [9.17, 15) is 4.79 Å². The SMILES string of the molecule is Cc1[nH]n(-c2nc3ccccc3s2)c(=O)c1C(C)C. The normalized spacial score (nSPS) is 11.6. The van der Waals surface area contributed by atoms with Gasteiger partial charge in [0.05, 0.1) is 10.2 Å². The van der Waals surface area contributed by atoms with E-state index in [2.05, 4.69) is 10.1 Å². The van der Waals surface area contributed by atoms with Crippen LogP contribution >= 0.6 is 11.3 Å². The molecule has 0 saturated heterocycles. The minimum atomic E-state index is 0.00607. The van der Waals surface area contributed by atoms with Crippen molar-refractivity contribution in [2.45, 2.75) is 26.7 Å². The van der Waals surface area contributed by atoms with Gasteiger partial charge in [0.2, 0.25) is 5.13 Å². The van der Waals surface area contributed by atoms with Crippen molar-refractivity contribution < 1.29 is 0 Å². The number of aromatic amines is 1. The van der Waals surface area contributed by atoms with E-state index in [1.165, 1.54) is 11.3 Å². The number of aryl methyl sites for hydroxylation is 1. The van der Waals surface area contributed by atoms with Crippen molar-refractivity contribution in [1.82, 2.24) is 14.8 Å². The van der Waals surface area contributed by atoms with Gasteiger partial charge in [0.25, 0.3) is 5.56 Å². The number of aromatic nitrogens is 3. The summed E-state index contributed by atoms with van der Waals surface area (Å²) < 4.78 is 2.64. The molecule has 1 aromatic carbocycles. The molecule has 3 aromatic rings. The number of nitrogens with one attached hydrogen (secondary N) is 1. The molecular formula is C14H15N3OS. The first-order chi connectivity index (χ1) is 9.08. The summed E-state index contributed by atoms with van der Waals surface area (Å²) in [5.74, 6) is 0.208. The lowest BCUT2D eigenvalue weighted by Crippen LogP contribution is -2.17. The van der Waals surface area contributed by atoms with Crippen LogP contribution in [0.2, 0.25) is 0 Å². The van der Waals surface area contributed by atoms with Gasteiger partial charge in [-0.2, -0.15) is 4.68 Å². The number of rotatable bonds is 2. The van der Waals surface area contributed by atoms with Crippen LogP contribution in [0.5, 0.6) is 0 Å². The molecule has 98 valence electrons. The predicted molar refractivity (Wildman–Crippen MR) is 78.4 cm³/mol. The molecule has 0 aliphatic rings. The lowest BCUT2D eigenvalue weighted by molar-refractivity contribution is 0.820. The minimum Gasteiger partial charge on any atom is -0.293 e. The second kappa shape index (κ2) is 4.35. The summed E-state index contributed by atoms with van der Waals surface area (Å²) in [6.07, 6.45) is 0. The Hall–Kier alpha value is -1.88. The Kier molecular flexibility index (Phi) is 2.78. The van der Waals surface area contributed by atoms with Gasteiger partial charge in [0.15, 0.2) is 0 Å². The standard InChI is InChI=1S/C14H15N3OS/c1-8(2)12-9(3)16-17(13(12)18)14-15-10-6-4-5-7-11(10)19-14/h4-8,16H,1-3H3. The molecule has 0 amide bonds. The van der Waals surface area contributed by atoms with Gasteiger partial charge in [-0.25, -0.2) is 4.98 Å². The summed E-state index contributed by atoms with van der Waals surface area (Å²) in [6.45, 7) is 5.99. The van der Waals surface area contributed by atoms with E-state index in [0.717, 1.165) is 21.5 Å². The zero-order valence-corrected chi connectivity index (χ0v) is 11.9. The van der Waals surface area contributed by atoms with E-state index in [1.807, 2.05) is 45.0 Å². The van der Waals surface area contributed by atoms with E-state index in [0.29, 0.717) is 5.13 Å². The smallest absolute Gasteiger partial charge is 0.277 e. The van der Waals surface area contributed by atoms with Crippen molar-refractivity contribution >= 4 is 21.6 Å². The van der Waals surface area contributed by atoms with Crippen molar-refractivity contribution in [3.8, 4) is 5.13 Å². The second-order valence-electron chi connectivity index (χ2n) is 4.91. The van der Waals surface area contributed by atoms with E-state index >= 15 is 0 Å². The molecule has 0 fully saturated rings. The number of hydrogen-bond acceptors (Lipinski definition) is 3. The molecule has 0 bridgehead atoms. The molecule has 0 saturated carbocycles. The Balaban J connectivity index is 2.22. The lowest BCUT2D eigenvalue weighted by Gasteiger charge is -1.98. The maximum absolute atomic E-state index is 12.4. The third-order valence-electron chi connectivity index (χ3n) is 3.17. The topological polar surface area (TPSA) is 50.7 Å². The molecule has 3 rings (SSSR count). The fourth-order valence-corrected chi connectivity index (χ4v) is 3.26. The van der Waals surface area contributed by atoms with Crippen molar-refractivity contribution in [3.05, 3.63) is 45.9 Å². The molecule has 0 aliphatic heterocycles. The van der Waals surface area contributed by atoms with Gasteiger partial charge in [0.1, 0.15) is 0 Å². The molecule has 0 radical (unpaired) electrons. The molecule has 0 spiro atoms. The van der Waals surface area contributed by atoms with Crippen LogP contribution in [-0.2, 0) is 0 Å². The molecular weight excluding hydrogens is 258 g/mol. The third kappa shape index (κ3) is 1.90. The first-order valence-electron chi connectivity index (χ1n) is 6.25. The summed E-state index contributed by atoms with van der Waals surface area (Å²) in [6, 6.07) is 7.90. The van der Waals surface area contributed by atoms with Gasteiger partial charge >= 0.3 is 0 Å². The Morgan fingerprint density at radius 1 is 1.32 bits per heavy atom. The number of nitrogens with zero attached hydrogens (tertiary/aromatic N) is 2. The number of benzene rings is 1. The Morgan fingerprint density at radius 3 is 2.68 bits per heavy atom. The molecule has 0 unspecified atom stereocenters. The number of fused-ring (bicyclic) bond motifs is 1. The fraction of sp³-hybridized carbons (Fsp3) is 0.286. The molecule has 2 heterocycles. The van der Waals surface area contributed by atoms with Gasteiger partial charge in [-0.1, -0.05) is 37.3 Å². The van der Waals surface area contributed by atoms with Gasteiger partial charge in [-0.15, -0.1) is 0 Å². The monoisotopic (exact) mass is 273 g/mol. The highest BCUT2D eigenvalue weighted by atomic mass is 32.1. The zero-order valence-electron chi connectivity index (χ0n) is 11.1. The highest BCUT2D eigenvalue weighted by molar-refractivity contribution is 7.20. The minimum absolute atomic E-state index is 0.00607. The third-order valence-corrected chi connectivity index (χ3v) is 4.19. The first-order valence-corrected chi connectivity index (χ1v) is 7.07. The number of H-pyrrole nitrogens is 1. The van der Waals surface area contributed by atoms with Crippen molar-refractivity contribution in [1.29, 1.82) is 0 Å². The highest BCUT2D eigenvalue weighted by Gasteiger charge is 2.17. The molecule has 19 heavy (non-hydrogen) atoms. The van der Waals surface area contributed by atoms with Crippen LogP contribution in [0.1, 0.15) is 31.0 Å². The van der Waals surface area contributed by atoms with Crippen LogP contribution in [-0.4, -0.2) is 14.8 Å². The summed E-state index contributed by atoms with van der Waals surface area (Å²) in [5.41, 5.74) is 2.68. The summed E-state index contributed by atoms with van der Waals surface area (Å²) >= 11 is 1.52. The van der Waals surface area contributed by atoms with E-state index in [-0.39, 0.29) is 11.5 Å². The van der Waals surface area contributed by atoms with E-state index < -0.39 is 0 Å². The van der Waals surface area contributed by atoms with Crippen LogP contribution in [0.15, 0.2) is 29.1 Å². The molecule has 4 nitrogen and oxygen atoms in total. The Bertz CT molecular complexity index is 761. The maximum Gasteiger partial charge on any atom is 0.277 e. The molecule has 1 N–H and O–H groups in total. The molecule has 0 atom stereocenters. The highest BCUT2D eigenvalue weighted by Crippen LogP contribution is 2.24. The molecule has 0 aliphatic carbocycles. The Labute approximate surface area is 114 Å². The van der Waals surface area contributed by atoms with Crippen molar-refractivity contribution in [2.24, 2.45) is 0 Å². The van der Waals surface area contributed by atoms with Crippen LogP contribution in [0, 0.1) is 6.92 Å². The average Bonchev–Trinajstić information content (AvgIpc) is 2.89. The number of para-hydroxylation sites is 1. The van der Waals surface area contributed by atoms with Crippen LogP contribution in [0.3, 0.4) is 0 Å². The molecule has 2 aromatic heterocycles. The second-order valence-corrected chi connectivity index (χ2v) is 5.92. The zero-order chi connectivity index (χ0) is 13.6. The van der Waals surface area contributed by atoms with Crippen LogP contribution < -0.4 is 5.56 Å². The van der Waals surface area contributed by atoms with Gasteiger partial charge in [-0.3, -0.25) is 9.89 Å². The predicted octanol–water partition coefficient (Wildman–Crippen LogP) is 3.21. The van der Waals surface area contributed by atoms with E-state index in [1.54, 1.807) is 4.68 Å². The quantitative estimate of drug-likeness (QED) is 0.779. The number of thiazole rings is 1. The Morgan fingerprint density at radius 2 is 2.05 bits per heavy atom. The maximum atomic E-state index is 12.4. The number of hydrogen-bond donors (Lipinski definition) is 1. The van der Waals surface area contributed by atoms with Crippen LogP contribution in [0.4, 0.5) is 0 Å². The van der Waals surface area contributed by atoms with Gasteiger partial charge < -0.3 is 0 Å². The van der Waals surface area contributed by atoms with Gasteiger partial charge in [-0.05, 0) is 25.0 Å². The van der Waals surface area contributed by atoms with Crippen LogP contribution in [0.25, 0.3) is 15.3 Å². The van der Waals surface area contributed by atoms with Crippen molar-refractivity contribution in [3.63, 3.8) is 0 Å². The largest absolute Gasteiger partial charge is 0.293 e. The first kappa shape index (κ1) is 12.2. The molecule has 5 heteroatoms. The average molecular weight is 273 g/mol. The van der Waals surface area contributed by atoms with Gasteiger partial charge in [0, 0.05) is 11.3 Å². The van der Waals surface area contributed by atoms with Crippen molar-refractivity contribution in [2.75, 3.05) is 0 Å².